The molecule has 1 heterocycles. The van der Waals surface area contributed by atoms with E-state index in [1.807, 2.05) is 23.3 Å². The summed E-state index contributed by atoms with van der Waals surface area (Å²) in [4.78, 5) is 0. The molecule has 1 aromatic carbocycles. The zero-order chi connectivity index (χ0) is 26.1. The summed E-state index contributed by atoms with van der Waals surface area (Å²) in [7, 11) is 0. The molecule has 0 saturated heterocycles. The molecular weight excluding hydrogens is 520 g/mol. The standard InChI is InChI=1S/C24H30Cl2F7N2/c25-20-11-10-12-21(26)19(20)17-35-16-15-34(18-35)14-9-7-5-3-1-2-4-6-8-13-22(27,28)23(29,30)24(31,32)33/h10-12,15-16,18H,1-9,13-14,17H2/q+1. The minimum absolute atomic E-state index is 0.205. The summed E-state index contributed by atoms with van der Waals surface area (Å²) in [6, 6.07) is 5.41. The Bertz CT molecular complexity index is 893. The fourth-order valence-corrected chi connectivity index (χ4v) is 4.29. The van der Waals surface area contributed by atoms with Crippen molar-refractivity contribution < 1.29 is 35.3 Å². The SMILES string of the molecule is FC(F)(F)C(F)(F)C(F)(F)CCCCCCCCCCCn1cc[n+](Cc2c(Cl)cccc2Cl)c1. The van der Waals surface area contributed by atoms with E-state index in [0.29, 0.717) is 23.0 Å². The molecule has 0 bridgehead atoms. The minimum atomic E-state index is -6.25. The van der Waals surface area contributed by atoms with E-state index in [-0.39, 0.29) is 12.8 Å². The van der Waals surface area contributed by atoms with Crippen LogP contribution in [0.15, 0.2) is 36.9 Å². The van der Waals surface area contributed by atoms with Crippen molar-refractivity contribution in [1.29, 1.82) is 0 Å². The molecule has 1 aromatic heterocycles. The molecule has 2 nitrogen and oxygen atoms in total. The lowest BCUT2D eigenvalue weighted by molar-refractivity contribution is -0.687. The second-order valence-electron chi connectivity index (χ2n) is 8.73. The molecule has 0 radical (unpaired) electrons. The highest BCUT2D eigenvalue weighted by Crippen LogP contribution is 2.48. The van der Waals surface area contributed by atoms with Crippen LogP contribution in [0.1, 0.15) is 69.8 Å². The molecular formula is C24H30Cl2F7N2+. The van der Waals surface area contributed by atoms with Gasteiger partial charge in [-0.25, -0.2) is 9.13 Å². The molecule has 0 aliphatic heterocycles. The van der Waals surface area contributed by atoms with Gasteiger partial charge in [0.2, 0.25) is 6.33 Å². The van der Waals surface area contributed by atoms with Crippen molar-refractivity contribution in [2.45, 2.75) is 95.3 Å². The number of imidazole rings is 1. The fourth-order valence-electron chi connectivity index (χ4n) is 3.77. The Kier molecular flexibility index (Phi) is 11.2. The third-order valence-corrected chi connectivity index (χ3v) is 6.58. The number of aromatic nitrogens is 2. The van der Waals surface area contributed by atoms with E-state index in [0.717, 1.165) is 50.6 Å². The van der Waals surface area contributed by atoms with Gasteiger partial charge in [-0.2, -0.15) is 30.7 Å². The van der Waals surface area contributed by atoms with Crippen LogP contribution >= 0.6 is 23.2 Å². The summed E-state index contributed by atoms with van der Waals surface area (Å²) in [5.41, 5.74) is 0.867. The Morgan fingerprint density at radius 2 is 1.26 bits per heavy atom. The first-order chi connectivity index (χ1) is 16.3. The second kappa shape index (κ2) is 13.2. The molecule has 0 aliphatic rings. The second-order valence-corrected chi connectivity index (χ2v) is 9.55. The van der Waals surface area contributed by atoms with Crippen molar-refractivity contribution in [2.24, 2.45) is 0 Å². The van der Waals surface area contributed by atoms with Crippen molar-refractivity contribution in [2.75, 3.05) is 0 Å². The zero-order valence-electron chi connectivity index (χ0n) is 19.2. The number of alkyl halides is 7. The lowest BCUT2D eigenvalue weighted by atomic mass is 10.0. The highest BCUT2D eigenvalue weighted by molar-refractivity contribution is 6.35. The average molecular weight is 550 g/mol. The van der Waals surface area contributed by atoms with Crippen molar-refractivity contribution in [3.63, 3.8) is 0 Å². The number of nitrogens with zero attached hydrogens (tertiary/aromatic N) is 2. The number of hydrogen-bond acceptors (Lipinski definition) is 0. The van der Waals surface area contributed by atoms with Crippen molar-refractivity contribution in [3.8, 4) is 0 Å². The van der Waals surface area contributed by atoms with E-state index in [4.69, 9.17) is 23.2 Å². The van der Waals surface area contributed by atoms with Crippen LogP contribution in [-0.2, 0) is 13.1 Å². The molecule has 0 unspecified atom stereocenters. The van der Waals surface area contributed by atoms with E-state index < -0.39 is 24.4 Å². The third-order valence-electron chi connectivity index (χ3n) is 5.87. The molecule has 0 fully saturated rings. The van der Waals surface area contributed by atoms with Gasteiger partial charge in [-0.05, 0) is 31.4 Å². The lowest BCUT2D eigenvalue weighted by Crippen LogP contribution is -2.51. The Morgan fingerprint density at radius 3 is 1.80 bits per heavy atom. The summed E-state index contributed by atoms with van der Waals surface area (Å²) in [6.07, 6.45) is 4.19. The van der Waals surface area contributed by atoms with Gasteiger partial charge in [0.05, 0.1) is 6.54 Å². The topological polar surface area (TPSA) is 8.81 Å². The van der Waals surface area contributed by atoms with E-state index in [1.54, 1.807) is 18.2 Å². The number of hydrogen-bond donors (Lipinski definition) is 0. The number of aryl methyl sites for hydroxylation is 1. The van der Waals surface area contributed by atoms with Gasteiger partial charge in [-0.1, -0.05) is 67.8 Å². The van der Waals surface area contributed by atoms with E-state index in [1.165, 1.54) is 0 Å². The van der Waals surface area contributed by atoms with Gasteiger partial charge in [-0.15, -0.1) is 0 Å². The van der Waals surface area contributed by atoms with Crippen molar-refractivity contribution in [3.05, 3.63) is 52.5 Å². The van der Waals surface area contributed by atoms with Crippen LogP contribution in [0.25, 0.3) is 0 Å². The van der Waals surface area contributed by atoms with Crippen molar-refractivity contribution >= 4 is 23.2 Å². The van der Waals surface area contributed by atoms with Crippen LogP contribution in [0.4, 0.5) is 30.7 Å². The Morgan fingerprint density at radius 1 is 0.743 bits per heavy atom. The quantitative estimate of drug-likeness (QED) is 0.119. The lowest BCUT2D eigenvalue weighted by Gasteiger charge is -2.28. The largest absolute Gasteiger partial charge is 0.459 e. The molecule has 198 valence electrons. The van der Waals surface area contributed by atoms with E-state index >= 15 is 0 Å². The van der Waals surface area contributed by atoms with Gasteiger partial charge in [-0.3, -0.25) is 0 Å². The summed E-state index contributed by atoms with van der Waals surface area (Å²) >= 11 is 12.4. The smallest absolute Gasteiger partial charge is 0.237 e. The predicted octanol–water partition coefficient (Wildman–Crippen LogP) is 8.86. The molecule has 0 aliphatic carbocycles. The number of halogens is 9. The first-order valence-electron chi connectivity index (χ1n) is 11.7. The Labute approximate surface area is 211 Å². The Hall–Kier alpha value is -1.48. The van der Waals surface area contributed by atoms with Gasteiger partial charge in [0.15, 0.2) is 0 Å². The van der Waals surface area contributed by atoms with Gasteiger partial charge < -0.3 is 0 Å². The van der Waals surface area contributed by atoms with E-state index in [9.17, 15) is 30.7 Å². The number of benzene rings is 1. The van der Waals surface area contributed by atoms with Crippen LogP contribution in [0.5, 0.6) is 0 Å². The normalized spacial score (nSPS) is 12.9. The highest BCUT2D eigenvalue weighted by atomic mass is 35.5. The molecule has 35 heavy (non-hydrogen) atoms. The van der Waals surface area contributed by atoms with Gasteiger partial charge in [0.1, 0.15) is 18.9 Å². The van der Waals surface area contributed by atoms with E-state index in [2.05, 4.69) is 4.57 Å². The van der Waals surface area contributed by atoms with Crippen molar-refractivity contribution in [1.82, 2.24) is 4.57 Å². The Balaban J connectivity index is 1.52. The maximum atomic E-state index is 13.2. The summed E-state index contributed by atoms with van der Waals surface area (Å²) in [5, 5.41) is 1.25. The van der Waals surface area contributed by atoms with Gasteiger partial charge in [0, 0.05) is 22.0 Å². The maximum absolute atomic E-state index is 13.2. The third kappa shape index (κ3) is 8.85. The van der Waals surface area contributed by atoms with Crippen LogP contribution in [-0.4, -0.2) is 22.6 Å². The average Bonchev–Trinajstić information content (AvgIpc) is 3.21. The first kappa shape index (κ1) is 29.7. The van der Waals surface area contributed by atoms with Crippen LogP contribution in [0.3, 0.4) is 0 Å². The summed E-state index contributed by atoms with van der Waals surface area (Å²) in [5.74, 6) is -11.1. The molecule has 0 atom stereocenters. The molecule has 2 rings (SSSR count). The molecule has 0 saturated carbocycles. The van der Waals surface area contributed by atoms with Gasteiger partial charge in [0.25, 0.3) is 0 Å². The first-order valence-corrected chi connectivity index (χ1v) is 12.4. The molecule has 11 heteroatoms. The molecule has 2 aromatic rings. The predicted molar refractivity (Wildman–Crippen MR) is 122 cm³/mol. The molecule has 0 N–H and O–H groups in total. The summed E-state index contributed by atoms with van der Waals surface area (Å²) < 4.78 is 92.5. The highest BCUT2D eigenvalue weighted by Gasteiger charge is 2.72. The minimum Gasteiger partial charge on any atom is -0.237 e. The van der Waals surface area contributed by atoms with Crippen LogP contribution in [0, 0.1) is 0 Å². The number of rotatable bonds is 15. The van der Waals surface area contributed by atoms with Gasteiger partial charge >= 0.3 is 18.0 Å². The fraction of sp³-hybridized carbons (Fsp3) is 0.625. The molecule has 0 spiro atoms. The molecule has 0 amide bonds. The zero-order valence-corrected chi connectivity index (χ0v) is 20.8. The van der Waals surface area contributed by atoms with Crippen LogP contribution < -0.4 is 4.57 Å². The monoisotopic (exact) mass is 549 g/mol. The number of unbranched alkanes of at least 4 members (excludes halogenated alkanes) is 8. The maximum Gasteiger partial charge on any atom is 0.459 e. The van der Waals surface area contributed by atoms with Crippen LogP contribution in [0.2, 0.25) is 10.0 Å². The summed E-state index contributed by atoms with van der Waals surface area (Å²) in [6.45, 7) is 1.44.